The van der Waals surface area contributed by atoms with E-state index in [0.29, 0.717) is 18.0 Å². The Kier molecular flexibility index (Phi) is 2.91. The monoisotopic (exact) mass is 253 g/mol. The summed E-state index contributed by atoms with van der Waals surface area (Å²) in [5, 5.41) is 0. The Morgan fingerprint density at radius 3 is 2.59 bits per heavy atom. The fourth-order valence-corrected chi connectivity index (χ4v) is 2.32. The van der Waals surface area contributed by atoms with Crippen LogP contribution in [0.1, 0.15) is 19.3 Å². The third kappa shape index (κ3) is 2.46. The van der Waals surface area contributed by atoms with Gasteiger partial charge in [0.1, 0.15) is 0 Å². The second-order valence-corrected chi connectivity index (χ2v) is 5.31. The van der Waals surface area contributed by atoms with Gasteiger partial charge in [-0.2, -0.15) is 0 Å². The highest BCUT2D eigenvalue weighted by molar-refractivity contribution is 7.80. The molecule has 1 aromatic rings. The van der Waals surface area contributed by atoms with Crippen molar-refractivity contribution in [2.45, 2.75) is 25.8 Å². The Bertz CT molecular complexity index is 569. The highest BCUT2D eigenvalue weighted by Crippen LogP contribution is 2.49. The van der Waals surface area contributed by atoms with Crippen molar-refractivity contribution in [2.24, 2.45) is 18.2 Å². The first-order chi connectivity index (χ1) is 7.93. The molecule has 1 aromatic heterocycles. The van der Waals surface area contributed by atoms with Gasteiger partial charge >= 0.3 is 11.1 Å². The molecule has 0 aromatic carbocycles. The van der Waals surface area contributed by atoms with Gasteiger partial charge in [-0.3, -0.25) is 9.59 Å². The number of hydrogen-bond acceptors (Lipinski definition) is 3. The van der Waals surface area contributed by atoms with Crippen molar-refractivity contribution in [1.29, 1.82) is 0 Å². The van der Waals surface area contributed by atoms with E-state index in [4.69, 9.17) is 18.0 Å². The summed E-state index contributed by atoms with van der Waals surface area (Å²) in [6.07, 6.45) is 5.89. The molecule has 2 rings (SSSR count). The van der Waals surface area contributed by atoms with Crippen LogP contribution in [0.4, 0.5) is 0 Å². The van der Waals surface area contributed by atoms with Crippen LogP contribution in [0.15, 0.2) is 22.0 Å². The van der Waals surface area contributed by atoms with E-state index in [2.05, 4.69) is 0 Å². The van der Waals surface area contributed by atoms with E-state index in [1.807, 2.05) is 0 Å². The summed E-state index contributed by atoms with van der Waals surface area (Å²) in [5.74, 6) is 0. The highest BCUT2D eigenvalue weighted by Gasteiger charge is 2.43. The van der Waals surface area contributed by atoms with Gasteiger partial charge in [0, 0.05) is 32.4 Å². The molecule has 1 heterocycles. The lowest BCUT2D eigenvalue weighted by Crippen LogP contribution is -2.41. The molecule has 0 spiro atoms. The van der Waals surface area contributed by atoms with Crippen molar-refractivity contribution in [3.05, 3.63) is 33.1 Å². The Labute approximate surface area is 104 Å². The largest absolute Gasteiger partial charge is 0.393 e. The minimum atomic E-state index is -0.501. The second kappa shape index (κ2) is 4.10. The maximum atomic E-state index is 11.7. The molecule has 1 saturated carbocycles. The van der Waals surface area contributed by atoms with Crippen LogP contribution >= 0.6 is 12.2 Å². The van der Waals surface area contributed by atoms with E-state index in [1.54, 1.807) is 19.4 Å². The minimum Gasteiger partial charge on any atom is -0.393 e. The summed E-state index contributed by atoms with van der Waals surface area (Å²) in [4.78, 5) is 23.7. The number of nitrogens with two attached hydrogens (primary N) is 1. The maximum absolute atomic E-state index is 11.7. The van der Waals surface area contributed by atoms with E-state index in [9.17, 15) is 9.59 Å². The summed E-state index contributed by atoms with van der Waals surface area (Å²) in [6, 6.07) is 0. The van der Waals surface area contributed by atoms with Gasteiger partial charge in [-0.15, -0.1) is 0 Å². The van der Waals surface area contributed by atoms with Crippen LogP contribution in [-0.2, 0) is 13.6 Å². The predicted molar refractivity (Wildman–Crippen MR) is 69.0 cm³/mol. The zero-order valence-electron chi connectivity index (χ0n) is 9.68. The molecule has 0 saturated heterocycles. The minimum absolute atomic E-state index is 0.00201. The molecule has 1 fully saturated rings. The van der Waals surface area contributed by atoms with Crippen LogP contribution in [0.25, 0.3) is 0 Å². The number of nitrogens with zero attached hydrogens (tertiary/aromatic N) is 2. The molecule has 6 heteroatoms. The van der Waals surface area contributed by atoms with Crippen molar-refractivity contribution in [2.75, 3.05) is 0 Å². The zero-order chi connectivity index (χ0) is 12.6. The smallest absolute Gasteiger partial charge is 0.316 e. The third-order valence-corrected chi connectivity index (χ3v) is 3.39. The molecule has 0 amide bonds. The van der Waals surface area contributed by atoms with Crippen molar-refractivity contribution < 1.29 is 0 Å². The Hall–Kier alpha value is -1.43. The molecule has 0 bridgehead atoms. The Morgan fingerprint density at radius 2 is 2.06 bits per heavy atom. The maximum Gasteiger partial charge on any atom is 0.316 e. The molecule has 0 radical (unpaired) electrons. The average Bonchev–Trinajstić information content (AvgIpc) is 2.98. The van der Waals surface area contributed by atoms with E-state index in [1.165, 1.54) is 9.13 Å². The molecule has 92 valence electrons. The molecule has 5 nitrogen and oxygen atoms in total. The van der Waals surface area contributed by atoms with Gasteiger partial charge in [-0.1, -0.05) is 12.2 Å². The van der Waals surface area contributed by atoms with Crippen molar-refractivity contribution >= 4 is 17.2 Å². The Balaban J connectivity index is 2.26. The molecule has 0 atom stereocenters. The number of thiocarbonyl (C=S) groups is 1. The summed E-state index contributed by atoms with van der Waals surface area (Å²) >= 11 is 4.90. The molecule has 2 N–H and O–H groups in total. The molecular weight excluding hydrogens is 238 g/mol. The summed E-state index contributed by atoms with van der Waals surface area (Å²) in [5.41, 5.74) is 4.56. The Morgan fingerprint density at radius 1 is 1.41 bits per heavy atom. The zero-order valence-corrected chi connectivity index (χ0v) is 10.5. The standard InChI is InChI=1S/C11H15N3O2S/c1-13-4-5-14(10(16)9(13)15)7-11(2-3-11)6-8(12)17/h4-5H,2-3,6-7H2,1H3,(H2,12,17). The van der Waals surface area contributed by atoms with Gasteiger partial charge in [0.05, 0.1) is 4.99 Å². The number of rotatable bonds is 4. The fourth-order valence-electron chi connectivity index (χ4n) is 2.01. The molecule has 0 aliphatic heterocycles. The van der Waals surface area contributed by atoms with Gasteiger partial charge in [0.15, 0.2) is 0 Å². The van der Waals surface area contributed by atoms with E-state index in [-0.39, 0.29) is 5.41 Å². The molecule has 1 aliphatic rings. The average molecular weight is 253 g/mol. The highest BCUT2D eigenvalue weighted by atomic mass is 32.1. The molecule has 1 aliphatic carbocycles. The van der Waals surface area contributed by atoms with Crippen LogP contribution < -0.4 is 16.9 Å². The molecule has 0 unspecified atom stereocenters. The van der Waals surface area contributed by atoms with Crippen molar-refractivity contribution in [3.63, 3.8) is 0 Å². The van der Waals surface area contributed by atoms with Crippen LogP contribution in [0, 0.1) is 5.41 Å². The van der Waals surface area contributed by atoms with Crippen LogP contribution in [-0.4, -0.2) is 14.1 Å². The first-order valence-corrected chi connectivity index (χ1v) is 5.89. The predicted octanol–water partition coefficient (Wildman–Crippen LogP) is 0.00340. The van der Waals surface area contributed by atoms with E-state index >= 15 is 0 Å². The lowest BCUT2D eigenvalue weighted by molar-refractivity contribution is 0.425. The topological polar surface area (TPSA) is 70.0 Å². The van der Waals surface area contributed by atoms with Crippen LogP contribution in [0.3, 0.4) is 0 Å². The SMILES string of the molecule is Cn1ccn(CC2(CC(N)=S)CC2)c(=O)c1=O. The van der Waals surface area contributed by atoms with Crippen molar-refractivity contribution in [1.82, 2.24) is 9.13 Å². The second-order valence-electron chi connectivity index (χ2n) is 4.79. The van der Waals surface area contributed by atoms with Gasteiger partial charge in [0.25, 0.3) is 0 Å². The van der Waals surface area contributed by atoms with Gasteiger partial charge in [-0.05, 0) is 18.3 Å². The summed E-state index contributed by atoms with van der Waals surface area (Å²) < 4.78 is 2.75. The third-order valence-electron chi connectivity index (χ3n) is 3.25. The lowest BCUT2D eigenvalue weighted by Gasteiger charge is -2.15. The quantitative estimate of drug-likeness (QED) is 0.606. The molecular formula is C11H15N3O2S. The fraction of sp³-hybridized carbons (Fsp3) is 0.545. The van der Waals surface area contributed by atoms with E-state index < -0.39 is 11.1 Å². The first-order valence-electron chi connectivity index (χ1n) is 5.48. The number of aromatic nitrogens is 2. The normalized spacial score (nSPS) is 16.8. The van der Waals surface area contributed by atoms with Gasteiger partial charge in [-0.25, -0.2) is 0 Å². The van der Waals surface area contributed by atoms with Crippen LogP contribution in [0.5, 0.6) is 0 Å². The van der Waals surface area contributed by atoms with Crippen molar-refractivity contribution in [3.8, 4) is 0 Å². The number of aryl methyl sites for hydroxylation is 1. The first kappa shape index (κ1) is 12.0. The van der Waals surface area contributed by atoms with Gasteiger partial charge < -0.3 is 14.9 Å². The number of hydrogen-bond donors (Lipinski definition) is 1. The van der Waals surface area contributed by atoms with E-state index in [0.717, 1.165) is 12.8 Å². The molecule has 17 heavy (non-hydrogen) atoms. The lowest BCUT2D eigenvalue weighted by atomic mass is 10.0. The van der Waals surface area contributed by atoms with Crippen LogP contribution in [0.2, 0.25) is 0 Å². The van der Waals surface area contributed by atoms with Gasteiger partial charge in [0.2, 0.25) is 0 Å². The summed E-state index contributed by atoms with van der Waals surface area (Å²) in [6.45, 7) is 0.527. The summed E-state index contributed by atoms with van der Waals surface area (Å²) in [7, 11) is 1.57.